The van der Waals surface area contributed by atoms with Gasteiger partial charge in [0.25, 0.3) is 0 Å². The van der Waals surface area contributed by atoms with Gasteiger partial charge in [-0.1, -0.05) is 0 Å². The third-order valence-electron chi connectivity index (χ3n) is 2.03. The maximum Gasteiger partial charge on any atom is 0.323 e. The highest BCUT2D eigenvalue weighted by molar-refractivity contribution is 5.78. The van der Waals surface area contributed by atoms with Crippen LogP contribution >= 0.6 is 0 Å². The lowest BCUT2D eigenvalue weighted by atomic mass is 9.97. The van der Waals surface area contributed by atoms with E-state index in [2.05, 4.69) is 4.99 Å². The smallest absolute Gasteiger partial charge is 0.323 e. The lowest BCUT2D eigenvalue weighted by molar-refractivity contribution is -0.142. The number of carboxylic acid groups (broad SMARTS) is 1. The maximum atomic E-state index is 13.1. The summed E-state index contributed by atoms with van der Waals surface area (Å²) in [5.41, 5.74) is 9.30. The Morgan fingerprint density at radius 1 is 1.62 bits per heavy atom. The molecule has 0 aliphatic carbocycles. The molecule has 16 heavy (non-hydrogen) atoms. The average molecular weight is 231 g/mol. The first kappa shape index (κ1) is 14.6. The van der Waals surface area contributed by atoms with Crippen molar-refractivity contribution in [3.63, 3.8) is 0 Å². The number of hydrogen-bond donors (Lipinski definition) is 3. The Balaban J connectivity index is 4.12. The van der Waals surface area contributed by atoms with Gasteiger partial charge in [0.2, 0.25) is 0 Å². The molecule has 0 radical (unpaired) electrons. The molecule has 92 valence electrons. The molecule has 0 spiro atoms. The van der Waals surface area contributed by atoms with Crippen LogP contribution < -0.4 is 11.5 Å². The van der Waals surface area contributed by atoms with Crippen LogP contribution in [-0.2, 0) is 4.79 Å². The molecule has 0 aromatic rings. The number of carboxylic acids is 1. The van der Waals surface area contributed by atoms with Crippen molar-refractivity contribution < 1.29 is 14.3 Å². The fourth-order valence-corrected chi connectivity index (χ4v) is 0.877. The van der Waals surface area contributed by atoms with Gasteiger partial charge in [-0.25, -0.2) is 4.39 Å². The van der Waals surface area contributed by atoms with Crippen LogP contribution in [0.5, 0.6) is 0 Å². The van der Waals surface area contributed by atoms with Gasteiger partial charge in [0.05, 0.1) is 18.2 Å². The van der Waals surface area contributed by atoms with E-state index in [1.165, 1.54) is 13.0 Å². The van der Waals surface area contributed by atoms with Crippen molar-refractivity contribution in [3.05, 3.63) is 11.9 Å². The zero-order valence-corrected chi connectivity index (χ0v) is 9.53. The number of nitrogens with zero attached hydrogens (tertiary/aromatic N) is 1. The molecule has 0 aromatic carbocycles. The zero-order valence-electron chi connectivity index (χ0n) is 9.53. The number of nitrogens with two attached hydrogens (primary N) is 2. The van der Waals surface area contributed by atoms with E-state index in [4.69, 9.17) is 16.6 Å². The Bertz CT molecular complexity index is 307. The first-order valence-corrected chi connectivity index (χ1v) is 4.89. The molecular weight excluding hydrogens is 213 g/mol. The SMILES string of the molecule is CC(N)=NC/C=C(\F)CC[C@@](C)(N)C(=O)O. The van der Waals surface area contributed by atoms with E-state index in [1.807, 2.05) is 0 Å². The maximum absolute atomic E-state index is 13.1. The first-order chi connectivity index (χ1) is 7.25. The van der Waals surface area contributed by atoms with Crippen molar-refractivity contribution in [1.29, 1.82) is 0 Å². The Kier molecular flexibility index (Phi) is 5.66. The van der Waals surface area contributed by atoms with Crippen molar-refractivity contribution in [2.45, 2.75) is 32.2 Å². The molecule has 1 atom stereocenters. The van der Waals surface area contributed by atoms with Gasteiger partial charge >= 0.3 is 5.97 Å². The van der Waals surface area contributed by atoms with Crippen LogP contribution in [0.3, 0.4) is 0 Å². The predicted molar refractivity (Wildman–Crippen MR) is 60.8 cm³/mol. The minimum absolute atomic E-state index is 0.0154. The van der Waals surface area contributed by atoms with Crippen molar-refractivity contribution in [2.75, 3.05) is 6.54 Å². The van der Waals surface area contributed by atoms with Crippen LogP contribution in [0.25, 0.3) is 0 Å². The highest BCUT2D eigenvalue weighted by Crippen LogP contribution is 2.15. The molecule has 5 nitrogen and oxygen atoms in total. The fourth-order valence-electron chi connectivity index (χ4n) is 0.877. The summed E-state index contributed by atoms with van der Waals surface area (Å²) in [6.07, 6.45) is 1.28. The molecule has 0 aromatic heterocycles. The highest BCUT2D eigenvalue weighted by atomic mass is 19.1. The van der Waals surface area contributed by atoms with Gasteiger partial charge in [0, 0.05) is 6.42 Å². The van der Waals surface area contributed by atoms with E-state index in [0.717, 1.165) is 0 Å². The number of carbonyl (C=O) groups is 1. The minimum Gasteiger partial charge on any atom is -0.480 e. The van der Waals surface area contributed by atoms with Crippen LogP contribution in [0.15, 0.2) is 16.9 Å². The molecule has 0 rings (SSSR count). The number of halogens is 1. The quantitative estimate of drug-likeness (QED) is 0.464. The summed E-state index contributed by atoms with van der Waals surface area (Å²) in [7, 11) is 0. The zero-order chi connectivity index (χ0) is 12.8. The second-order valence-corrected chi connectivity index (χ2v) is 3.86. The molecule has 0 saturated carbocycles. The molecule has 6 heteroatoms. The normalized spacial score (nSPS) is 17.0. The molecule has 0 fully saturated rings. The molecule has 0 unspecified atom stereocenters. The van der Waals surface area contributed by atoms with E-state index in [0.29, 0.717) is 5.84 Å². The molecule has 5 N–H and O–H groups in total. The number of amidine groups is 1. The van der Waals surface area contributed by atoms with Crippen LogP contribution in [0.1, 0.15) is 26.7 Å². The molecule has 0 aliphatic heterocycles. The topological polar surface area (TPSA) is 102 Å². The Morgan fingerprint density at radius 2 is 2.19 bits per heavy atom. The Morgan fingerprint density at radius 3 is 2.62 bits per heavy atom. The van der Waals surface area contributed by atoms with E-state index < -0.39 is 17.3 Å². The summed E-state index contributed by atoms with van der Waals surface area (Å²) >= 11 is 0. The van der Waals surface area contributed by atoms with Gasteiger partial charge in [0.1, 0.15) is 5.54 Å². The van der Waals surface area contributed by atoms with Crippen molar-refractivity contribution in [1.82, 2.24) is 0 Å². The average Bonchev–Trinajstić information content (AvgIpc) is 2.14. The highest BCUT2D eigenvalue weighted by Gasteiger charge is 2.27. The largest absolute Gasteiger partial charge is 0.480 e. The standard InChI is InChI=1S/C10H18FN3O2/c1-7(12)14-6-4-8(11)3-5-10(2,13)9(15)16/h4H,3,5-6,13H2,1-2H3,(H2,12,14)(H,15,16)/b8-4-/t10-/m1/s1. The van der Waals surface area contributed by atoms with E-state index in [9.17, 15) is 9.18 Å². The van der Waals surface area contributed by atoms with Crippen LogP contribution in [0, 0.1) is 0 Å². The van der Waals surface area contributed by atoms with Gasteiger partial charge < -0.3 is 16.6 Å². The van der Waals surface area contributed by atoms with E-state index in [1.54, 1.807) is 6.92 Å². The number of allylic oxidation sites excluding steroid dienone is 1. The molecule has 0 aliphatic rings. The summed E-state index contributed by atoms with van der Waals surface area (Å²) < 4.78 is 13.1. The van der Waals surface area contributed by atoms with Gasteiger partial charge in [-0.3, -0.25) is 9.79 Å². The molecule has 0 bridgehead atoms. The van der Waals surface area contributed by atoms with Crippen molar-refractivity contribution in [3.8, 4) is 0 Å². The second kappa shape index (κ2) is 6.22. The van der Waals surface area contributed by atoms with Gasteiger partial charge in [0.15, 0.2) is 0 Å². The second-order valence-electron chi connectivity index (χ2n) is 3.86. The minimum atomic E-state index is -1.40. The fraction of sp³-hybridized carbons (Fsp3) is 0.600. The third kappa shape index (κ3) is 6.13. The molecule has 0 saturated heterocycles. The third-order valence-corrected chi connectivity index (χ3v) is 2.03. The summed E-state index contributed by atoms with van der Waals surface area (Å²) in [6, 6.07) is 0. The van der Waals surface area contributed by atoms with Gasteiger partial charge in [-0.2, -0.15) is 0 Å². The van der Waals surface area contributed by atoms with Crippen molar-refractivity contribution in [2.24, 2.45) is 16.5 Å². The van der Waals surface area contributed by atoms with Crippen LogP contribution in [0.4, 0.5) is 4.39 Å². The number of aliphatic carboxylic acids is 1. The lowest BCUT2D eigenvalue weighted by Gasteiger charge is -2.17. The molecular formula is C10H18FN3O2. The summed E-state index contributed by atoms with van der Waals surface area (Å²) in [6.45, 7) is 3.11. The van der Waals surface area contributed by atoms with Gasteiger partial charge in [-0.05, 0) is 26.3 Å². The van der Waals surface area contributed by atoms with E-state index in [-0.39, 0.29) is 19.4 Å². The number of hydrogen-bond acceptors (Lipinski definition) is 3. The molecule has 0 heterocycles. The van der Waals surface area contributed by atoms with Gasteiger partial charge in [-0.15, -0.1) is 0 Å². The van der Waals surface area contributed by atoms with Crippen LogP contribution in [0.2, 0.25) is 0 Å². The Hall–Kier alpha value is -1.43. The predicted octanol–water partition coefficient (Wildman–Crippen LogP) is 0.799. The van der Waals surface area contributed by atoms with Crippen molar-refractivity contribution >= 4 is 11.8 Å². The number of aliphatic imine (C=N–C) groups is 1. The summed E-state index contributed by atoms with van der Waals surface area (Å²) in [5, 5.41) is 8.70. The van der Waals surface area contributed by atoms with Crippen LogP contribution in [-0.4, -0.2) is 29.0 Å². The monoisotopic (exact) mass is 231 g/mol. The summed E-state index contributed by atoms with van der Waals surface area (Å²) in [5.74, 6) is -1.20. The molecule has 0 amide bonds. The Labute approximate surface area is 94.0 Å². The lowest BCUT2D eigenvalue weighted by Crippen LogP contribution is -2.44. The number of rotatable bonds is 6. The van der Waals surface area contributed by atoms with E-state index >= 15 is 0 Å². The first-order valence-electron chi connectivity index (χ1n) is 4.89. The summed E-state index contributed by atoms with van der Waals surface area (Å²) in [4.78, 5) is 14.4.